The summed E-state index contributed by atoms with van der Waals surface area (Å²) in [5, 5.41) is 5.61. The number of carbonyl (C=O) groups is 4. The molecule has 292 valence electrons. The standard InChI is InChI=1S/C46H48N6O5/c1-49(45(55)36-17-12-18-37(31-36)48-44(54)33-51-28-25-47-43(53)32-51)29-30-50-26-23-38(24-27-50)57-46(56)52(41-21-10-8-19-39(41)34-13-4-2-5-14-34)42-22-11-9-20-40(42)35-15-6-3-7-16-35/h2-22,31,38H,23-30,32-33H2,1H3,(H,47,53)(H,48,54). The fourth-order valence-corrected chi connectivity index (χ4v) is 7.41. The zero-order valence-electron chi connectivity index (χ0n) is 32.2. The first-order valence-corrected chi connectivity index (χ1v) is 19.5. The largest absolute Gasteiger partial charge is 0.445 e. The van der Waals surface area contributed by atoms with Crippen LogP contribution in [0.1, 0.15) is 23.2 Å². The second kappa shape index (κ2) is 18.6. The van der Waals surface area contributed by atoms with Gasteiger partial charge in [0.15, 0.2) is 0 Å². The third-order valence-electron chi connectivity index (χ3n) is 10.4. The van der Waals surface area contributed by atoms with Crippen LogP contribution in [0.5, 0.6) is 0 Å². The van der Waals surface area contributed by atoms with Gasteiger partial charge in [0.25, 0.3) is 5.91 Å². The van der Waals surface area contributed by atoms with Crippen LogP contribution in [-0.4, -0.2) is 104 Å². The molecule has 0 aliphatic carbocycles. The van der Waals surface area contributed by atoms with Gasteiger partial charge in [-0.15, -0.1) is 0 Å². The summed E-state index contributed by atoms with van der Waals surface area (Å²) in [7, 11) is 1.78. The van der Waals surface area contributed by atoms with E-state index in [9.17, 15) is 19.2 Å². The molecule has 0 unspecified atom stereocenters. The molecule has 2 heterocycles. The molecule has 0 bridgehead atoms. The average Bonchev–Trinajstić information content (AvgIpc) is 3.24. The van der Waals surface area contributed by atoms with Gasteiger partial charge in [-0.25, -0.2) is 9.69 Å². The fraction of sp³-hybridized carbons (Fsp3) is 0.261. The van der Waals surface area contributed by atoms with E-state index in [0.29, 0.717) is 50.3 Å². The second-order valence-corrected chi connectivity index (χ2v) is 14.4. The first kappa shape index (κ1) is 39.0. The van der Waals surface area contributed by atoms with Gasteiger partial charge in [-0.05, 0) is 54.3 Å². The molecule has 5 aromatic carbocycles. The van der Waals surface area contributed by atoms with Crippen LogP contribution in [0, 0.1) is 0 Å². The Hall–Kier alpha value is -6.30. The van der Waals surface area contributed by atoms with E-state index >= 15 is 0 Å². The van der Waals surface area contributed by atoms with Gasteiger partial charge in [0.1, 0.15) is 6.10 Å². The highest BCUT2D eigenvalue weighted by molar-refractivity contribution is 6.04. The summed E-state index contributed by atoms with van der Waals surface area (Å²) in [6, 6.07) is 42.9. The summed E-state index contributed by atoms with van der Waals surface area (Å²) in [4.78, 5) is 59.7. The van der Waals surface area contributed by atoms with Gasteiger partial charge in [0.05, 0.1) is 24.5 Å². The smallest absolute Gasteiger partial charge is 0.419 e. The Bertz CT molecular complexity index is 2090. The van der Waals surface area contributed by atoms with Crippen molar-refractivity contribution in [3.8, 4) is 22.3 Å². The highest BCUT2D eigenvalue weighted by Gasteiger charge is 2.30. The van der Waals surface area contributed by atoms with Gasteiger partial charge in [0.2, 0.25) is 11.8 Å². The number of para-hydroxylation sites is 2. The van der Waals surface area contributed by atoms with E-state index in [0.717, 1.165) is 46.7 Å². The number of benzene rings is 5. The minimum absolute atomic E-state index is 0.0953. The molecule has 11 heteroatoms. The molecular weight excluding hydrogens is 717 g/mol. The highest BCUT2D eigenvalue weighted by atomic mass is 16.6. The summed E-state index contributed by atoms with van der Waals surface area (Å²) in [6.07, 6.45) is 0.639. The molecule has 5 aromatic rings. The van der Waals surface area contributed by atoms with Crippen LogP contribution in [0.2, 0.25) is 0 Å². The molecule has 2 saturated heterocycles. The lowest BCUT2D eigenvalue weighted by Gasteiger charge is -2.34. The van der Waals surface area contributed by atoms with Gasteiger partial charge in [0, 0.05) is 68.7 Å². The number of nitrogens with one attached hydrogen (secondary N) is 2. The Morgan fingerprint density at radius 3 is 1.95 bits per heavy atom. The minimum atomic E-state index is -0.428. The Kier molecular flexibility index (Phi) is 12.7. The molecule has 0 radical (unpaired) electrons. The van der Waals surface area contributed by atoms with Crippen LogP contribution in [0.15, 0.2) is 133 Å². The zero-order valence-corrected chi connectivity index (χ0v) is 32.2. The summed E-state index contributed by atoms with van der Waals surface area (Å²) in [5.74, 6) is -0.477. The van der Waals surface area contributed by atoms with Crippen molar-refractivity contribution in [3.05, 3.63) is 139 Å². The number of anilines is 3. The fourth-order valence-electron chi connectivity index (χ4n) is 7.41. The molecule has 2 N–H and O–H groups in total. The Labute approximate surface area is 333 Å². The Morgan fingerprint density at radius 1 is 0.737 bits per heavy atom. The lowest BCUT2D eigenvalue weighted by Crippen LogP contribution is -2.49. The number of ether oxygens (including phenoxy) is 1. The number of carbonyl (C=O) groups excluding carboxylic acids is 4. The Balaban J connectivity index is 0.971. The third-order valence-corrected chi connectivity index (χ3v) is 10.4. The molecule has 0 atom stereocenters. The lowest BCUT2D eigenvalue weighted by molar-refractivity contribution is -0.125. The summed E-state index contributed by atoms with van der Waals surface area (Å²) in [5.41, 5.74) is 6.33. The molecule has 57 heavy (non-hydrogen) atoms. The molecule has 7 rings (SSSR count). The van der Waals surface area contributed by atoms with Gasteiger partial charge >= 0.3 is 6.09 Å². The molecule has 2 aliphatic rings. The third kappa shape index (κ3) is 9.93. The molecule has 4 amide bonds. The number of piperidine rings is 1. The maximum absolute atomic E-state index is 14.5. The average molecular weight is 765 g/mol. The lowest BCUT2D eigenvalue weighted by atomic mass is 10.00. The van der Waals surface area contributed by atoms with Crippen LogP contribution in [0.3, 0.4) is 0 Å². The van der Waals surface area contributed by atoms with E-state index in [1.807, 2.05) is 109 Å². The topological polar surface area (TPSA) is 115 Å². The maximum atomic E-state index is 14.5. The van der Waals surface area contributed by atoms with Crippen molar-refractivity contribution in [1.82, 2.24) is 20.0 Å². The number of piperazine rings is 1. The van der Waals surface area contributed by atoms with Crippen LogP contribution < -0.4 is 15.5 Å². The van der Waals surface area contributed by atoms with Gasteiger partial charge in [-0.1, -0.05) is 103 Å². The van der Waals surface area contributed by atoms with E-state index in [1.165, 1.54) is 0 Å². The predicted octanol–water partition coefficient (Wildman–Crippen LogP) is 6.90. The summed E-state index contributed by atoms with van der Waals surface area (Å²) >= 11 is 0. The van der Waals surface area contributed by atoms with E-state index in [2.05, 4.69) is 15.5 Å². The predicted molar refractivity (Wildman–Crippen MR) is 223 cm³/mol. The maximum Gasteiger partial charge on any atom is 0.419 e. The number of hydrogen-bond donors (Lipinski definition) is 2. The summed E-state index contributed by atoms with van der Waals surface area (Å²) in [6.45, 7) is 4.04. The zero-order chi connectivity index (χ0) is 39.6. The summed E-state index contributed by atoms with van der Waals surface area (Å²) < 4.78 is 6.35. The van der Waals surface area contributed by atoms with Crippen LogP contribution in [0.4, 0.5) is 21.9 Å². The molecule has 0 spiro atoms. The normalized spacial score (nSPS) is 15.0. The molecular formula is C46H48N6O5. The molecule has 2 fully saturated rings. The number of amides is 4. The SMILES string of the molecule is CN(CCN1CCC(OC(=O)N(c2ccccc2-c2ccccc2)c2ccccc2-c2ccccc2)CC1)C(=O)c1cccc(NC(=O)CN2CCNC(=O)C2)c1. The number of hydrogen-bond acceptors (Lipinski definition) is 7. The highest BCUT2D eigenvalue weighted by Crippen LogP contribution is 2.40. The van der Waals surface area contributed by atoms with Crippen LogP contribution >= 0.6 is 0 Å². The quantitative estimate of drug-likeness (QED) is 0.142. The van der Waals surface area contributed by atoms with Gasteiger partial charge in [-0.2, -0.15) is 0 Å². The van der Waals surface area contributed by atoms with E-state index in [-0.39, 0.29) is 36.9 Å². The van der Waals surface area contributed by atoms with Crippen molar-refractivity contribution < 1.29 is 23.9 Å². The van der Waals surface area contributed by atoms with E-state index in [4.69, 9.17) is 4.74 Å². The van der Waals surface area contributed by atoms with Gasteiger partial charge in [-0.3, -0.25) is 19.3 Å². The number of nitrogens with zero attached hydrogens (tertiary/aromatic N) is 4. The van der Waals surface area contributed by atoms with Crippen molar-refractivity contribution in [2.45, 2.75) is 18.9 Å². The van der Waals surface area contributed by atoms with Crippen molar-refractivity contribution in [3.63, 3.8) is 0 Å². The van der Waals surface area contributed by atoms with Crippen LogP contribution in [0.25, 0.3) is 22.3 Å². The number of likely N-dealkylation sites (N-methyl/N-ethyl adjacent to an activating group) is 1. The van der Waals surface area contributed by atoms with E-state index in [1.54, 1.807) is 46.0 Å². The van der Waals surface area contributed by atoms with Crippen molar-refractivity contribution >= 4 is 40.9 Å². The van der Waals surface area contributed by atoms with E-state index < -0.39 is 6.09 Å². The van der Waals surface area contributed by atoms with Crippen molar-refractivity contribution in [2.24, 2.45) is 0 Å². The number of rotatable bonds is 12. The molecule has 11 nitrogen and oxygen atoms in total. The second-order valence-electron chi connectivity index (χ2n) is 14.4. The van der Waals surface area contributed by atoms with Crippen LogP contribution in [-0.2, 0) is 14.3 Å². The number of likely N-dealkylation sites (tertiary alicyclic amines) is 1. The molecule has 2 aliphatic heterocycles. The monoisotopic (exact) mass is 764 g/mol. The first-order valence-electron chi connectivity index (χ1n) is 19.5. The molecule has 0 aromatic heterocycles. The Morgan fingerprint density at radius 2 is 1.33 bits per heavy atom. The van der Waals surface area contributed by atoms with Crippen molar-refractivity contribution in [2.75, 3.05) is 69.6 Å². The molecule has 0 saturated carbocycles. The van der Waals surface area contributed by atoms with Gasteiger partial charge < -0.3 is 25.2 Å². The van der Waals surface area contributed by atoms with Crippen molar-refractivity contribution in [1.29, 1.82) is 0 Å². The first-order chi connectivity index (χ1) is 27.8. The minimum Gasteiger partial charge on any atom is -0.445 e.